The molecular weight excluding hydrogens is 366 g/mol. The number of likely N-dealkylation sites (tertiary alicyclic amines) is 1. The van der Waals surface area contributed by atoms with Crippen molar-refractivity contribution in [2.24, 2.45) is 4.99 Å². The van der Waals surface area contributed by atoms with Gasteiger partial charge in [-0.3, -0.25) is 9.89 Å². The third kappa shape index (κ3) is 6.91. The molecule has 28 heavy (non-hydrogen) atoms. The Morgan fingerprint density at radius 1 is 1.21 bits per heavy atom. The van der Waals surface area contributed by atoms with Gasteiger partial charge in [-0.2, -0.15) is 0 Å². The van der Waals surface area contributed by atoms with E-state index < -0.39 is 0 Å². The van der Waals surface area contributed by atoms with Crippen molar-refractivity contribution in [2.45, 2.75) is 51.6 Å². The number of aromatic nitrogens is 1. The molecular formula is C22H33N5S. The van der Waals surface area contributed by atoms with Crippen molar-refractivity contribution in [3.05, 3.63) is 52.0 Å². The number of hydrogen-bond acceptors (Lipinski definition) is 4. The molecule has 152 valence electrons. The van der Waals surface area contributed by atoms with E-state index in [1.165, 1.54) is 10.6 Å². The number of piperidine rings is 1. The van der Waals surface area contributed by atoms with Crippen molar-refractivity contribution in [1.82, 2.24) is 20.5 Å². The van der Waals surface area contributed by atoms with Crippen LogP contribution in [-0.2, 0) is 13.0 Å². The summed E-state index contributed by atoms with van der Waals surface area (Å²) in [4.78, 5) is 11.5. The first-order valence-electron chi connectivity index (χ1n) is 10.4. The van der Waals surface area contributed by atoms with Gasteiger partial charge in [-0.25, -0.2) is 4.98 Å². The van der Waals surface area contributed by atoms with Gasteiger partial charge in [-0.15, -0.1) is 11.3 Å². The lowest BCUT2D eigenvalue weighted by Crippen LogP contribution is -2.48. The molecule has 5 nitrogen and oxygen atoms in total. The van der Waals surface area contributed by atoms with Gasteiger partial charge >= 0.3 is 0 Å². The zero-order valence-electron chi connectivity index (χ0n) is 17.2. The molecule has 0 atom stereocenters. The minimum Gasteiger partial charge on any atom is -0.356 e. The summed E-state index contributed by atoms with van der Waals surface area (Å²) in [6.07, 6.45) is 5.70. The van der Waals surface area contributed by atoms with Crippen LogP contribution in [-0.4, -0.2) is 48.6 Å². The molecule has 0 spiro atoms. The first-order chi connectivity index (χ1) is 13.7. The van der Waals surface area contributed by atoms with Crippen molar-refractivity contribution in [1.29, 1.82) is 0 Å². The number of nitrogens with one attached hydrogen (secondary N) is 2. The Morgan fingerprint density at radius 2 is 2.00 bits per heavy atom. The smallest absolute Gasteiger partial charge is 0.191 e. The van der Waals surface area contributed by atoms with Crippen molar-refractivity contribution >= 4 is 17.3 Å². The highest BCUT2D eigenvalue weighted by Gasteiger charge is 2.19. The van der Waals surface area contributed by atoms with E-state index in [0.29, 0.717) is 6.04 Å². The molecule has 1 fully saturated rings. The number of rotatable bonds is 8. The van der Waals surface area contributed by atoms with E-state index >= 15 is 0 Å². The van der Waals surface area contributed by atoms with Crippen LogP contribution in [0.1, 0.15) is 41.9 Å². The van der Waals surface area contributed by atoms with Crippen molar-refractivity contribution in [3.8, 4) is 0 Å². The van der Waals surface area contributed by atoms with Gasteiger partial charge in [0.05, 0.1) is 5.01 Å². The zero-order chi connectivity index (χ0) is 19.6. The number of unbranched alkanes of at least 4 members (excludes halogenated alkanes) is 1. The maximum absolute atomic E-state index is 4.53. The summed E-state index contributed by atoms with van der Waals surface area (Å²) in [6.45, 7) is 6.34. The second-order valence-electron chi connectivity index (χ2n) is 7.52. The number of aryl methyl sites for hydroxylation is 2. The molecule has 1 aromatic heterocycles. The lowest BCUT2D eigenvalue weighted by Gasteiger charge is -2.33. The first kappa shape index (κ1) is 20.8. The summed E-state index contributed by atoms with van der Waals surface area (Å²) in [5.74, 6) is 0.937. The maximum atomic E-state index is 4.53. The van der Waals surface area contributed by atoms with Crippen LogP contribution in [0.25, 0.3) is 0 Å². The summed E-state index contributed by atoms with van der Waals surface area (Å²) >= 11 is 1.77. The van der Waals surface area contributed by atoms with E-state index in [0.717, 1.165) is 69.9 Å². The molecule has 0 radical (unpaired) electrons. The topological polar surface area (TPSA) is 52.6 Å². The Kier molecular flexibility index (Phi) is 8.30. The van der Waals surface area contributed by atoms with Gasteiger partial charge in [0.2, 0.25) is 0 Å². The molecule has 0 aliphatic carbocycles. The van der Waals surface area contributed by atoms with Crippen LogP contribution in [0, 0.1) is 6.92 Å². The molecule has 0 amide bonds. The average Bonchev–Trinajstić information content (AvgIpc) is 3.14. The summed E-state index contributed by atoms with van der Waals surface area (Å²) in [5, 5.41) is 10.5. The molecule has 6 heteroatoms. The van der Waals surface area contributed by atoms with Crippen molar-refractivity contribution < 1.29 is 0 Å². The molecule has 3 rings (SSSR count). The number of benzene rings is 1. The molecule has 1 aromatic carbocycles. The molecule has 1 aliphatic heterocycles. The average molecular weight is 400 g/mol. The van der Waals surface area contributed by atoms with Crippen molar-refractivity contribution in [3.63, 3.8) is 0 Å². The van der Waals surface area contributed by atoms with E-state index in [9.17, 15) is 0 Å². The number of aliphatic imine (C=N–C) groups is 1. The van der Waals surface area contributed by atoms with Gasteiger partial charge in [0.1, 0.15) is 0 Å². The van der Waals surface area contributed by atoms with E-state index in [1.54, 1.807) is 11.3 Å². The Balaban J connectivity index is 1.29. The molecule has 2 heterocycles. The first-order valence-corrected chi connectivity index (χ1v) is 11.3. The van der Waals surface area contributed by atoms with Gasteiger partial charge in [0, 0.05) is 50.3 Å². The van der Waals surface area contributed by atoms with Gasteiger partial charge < -0.3 is 10.6 Å². The lowest BCUT2D eigenvalue weighted by molar-refractivity contribution is 0.198. The third-order valence-electron chi connectivity index (χ3n) is 5.18. The van der Waals surface area contributed by atoms with E-state index in [4.69, 9.17) is 0 Å². The minimum absolute atomic E-state index is 0.511. The van der Waals surface area contributed by atoms with E-state index in [1.807, 2.05) is 7.05 Å². The van der Waals surface area contributed by atoms with Gasteiger partial charge in [-0.05, 0) is 44.6 Å². The quantitative estimate of drug-likeness (QED) is 0.405. The van der Waals surface area contributed by atoms with Crippen LogP contribution in [0.3, 0.4) is 0 Å². The number of guanidine groups is 1. The Hall–Kier alpha value is -1.92. The Bertz CT molecular complexity index is 720. The minimum atomic E-state index is 0.511. The lowest BCUT2D eigenvalue weighted by atomic mass is 10.0. The van der Waals surface area contributed by atoms with Crippen LogP contribution in [0.4, 0.5) is 0 Å². The maximum Gasteiger partial charge on any atom is 0.191 e. The standard InChI is InChI=1S/C22H33N5S/c1-18-17-28-21(25-18)10-6-7-13-24-22(23-2)26-20-11-14-27(15-12-20)16-19-8-4-3-5-9-19/h3-5,8-9,17,20H,6-7,10-16H2,1-2H3,(H2,23,24,26). The Labute approximate surface area is 173 Å². The number of thiazole rings is 1. The summed E-state index contributed by atoms with van der Waals surface area (Å²) in [6, 6.07) is 11.3. The molecule has 2 N–H and O–H groups in total. The predicted molar refractivity (Wildman–Crippen MR) is 119 cm³/mol. The van der Waals surface area contributed by atoms with Gasteiger partial charge in [-0.1, -0.05) is 30.3 Å². The number of nitrogens with zero attached hydrogens (tertiary/aromatic N) is 3. The molecule has 2 aromatic rings. The highest BCUT2D eigenvalue weighted by molar-refractivity contribution is 7.09. The monoisotopic (exact) mass is 399 g/mol. The van der Waals surface area contributed by atoms with Crippen LogP contribution in [0.2, 0.25) is 0 Å². The van der Waals surface area contributed by atoms with Crippen molar-refractivity contribution in [2.75, 3.05) is 26.7 Å². The fourth-order valence-electron chi connectivity index (χ4n) is 3.59. The number of hydrogen-bond donors (Lipinski definition) is 2. The highest BCUT2D eigenvalue weighted by atomic mass is 32.1. The highest BCUT2D eigenvalue weighted by Crippen LogP contribution is 2.14. The normalized spacial score (nSPS) is 16.3. The third-order valence-corrected chi connectivity index (χ3v) is 6.20. The van der Waals surface area contributed by atoms with E-state index in [2.05, 4.69) is 68.1 Å². The zero-order valence-corrected chi connectivity index (χ0v) is 18.0. The van der Waals surface area contributed by atoms with Crippen LogP contribution in [0.15, 0.2) is 40.7 Å². The van der Waals surface area contributed by atoms with E-state index in [-0.39, 0.29) is 0 Å². The summed E-state index contributed by atoms with van der Waals surface area (Å²) in [5.41, 5.74) is 2.54. The molecule has 1 aliphatic rings. The van der Waals surface area contributed by atoms with Crippen LogP contribution >= 0.6 is 11.3 Å². The fraction of sp³-hybridized carbons (Fsp3) is 0.545. The van der Waals surface area contributed by atoms with Crippen LogP contribution in [0.5, 0.6) is 0 Å². The molecule has 0 bridgehead atoms. The van der Waals surface area contributed by atoms with Crippen LogP contribution < -0.4 is 10.6 Å². The SMILES string of the molecule is CN=C(NCCCCc1nc(C)cs1)NC1CCN(Cc2ccccc2)CC1. The van der Waals surface area contributed by atoms with Gasteiger partial charge in [0.25, 0.3) is 0 Å². The molecule has 1 saturated heterocycles. The molecule has 0 saturated carbocycles. The summed E-state index contributed by atoms with van der Waals surface area (Å²) < 4.78 is 0. The second kappa shape index (κ2) is 11.2. The second-order valence-corrected chi connectivity index (χ2v) is 8.46. The fourth-order valence-corrected chi connectivity index (χ4v) is 4.41. The summed E-state index contributed by atoms with van der Waals surface area (Å²) in [7, 11) is 1.86. The molecule has 0 unspecified atom stereocenters. The largest absolute Gasteiger partial charge is 0.356 e. The Morgan fingerprint density at radius 3 is 2.68 bits per heavy atom. The predicted octanol–water partition coefficient (Wildman–Crippen LogP) is 3.60. The van der Waals surface area contributed by atoms with Gasteiger partial charge in [0.15, 0.2) is 5.96 Å².